The number of benzene rings is 1. The van der Waals surface area contributed by atoms with E-state index in [1.165, 1.54) is 6.07 Å². The van der Waals surface area contributed by atoms with E-state index in [2.05, 4.69) is 0 Å². The lowest BCUT2D eigenvalue weighted by molar-refractivity contribution is -0.138. The Kier molecular flexibility index (Phi) is 2.46. The molecule has 1 aromatic rings. The maximum atomic E-state index is 12.6. The van der Waals surface area contributed by atoms with E-state index in [1.807, 2.05) is 0 Å². The van der Waals surface area contributed by atoms with Gasteiger partial charge in [0.2, 0.25) is 0 Å². The van der Waals surface area contributed by atoms with E-state index in [-0.39, 0.29) is 5.56 Å². The Morgan fingerprint density at radius 3 is 2.67 bits per heavy atom. The molecule has 0 amide bonds. The molecule has 1 aliphatic rings. The van der Waals surface area contributed by atoms with Gasteiger partial charge < -0.3 is 5.11 Å². The van der Waals surface area contributed by atoms with Crippen LogP contribution in [0.15, 0.2) is 18.2 Å². The van der Waals surface area contributed by atoms with E-state index < -0.39 is 17.8 Å². The quantitative estimate of drug-likeness (QED) is 0.706. The fraction of sp³-hybridized carbons (Fsp3) is 0.455. The van der Waals surface area contributed by atoms with E-state index in [1.54, 1.807) is 6.07 Å². The fourth-order valence-electron chi connectivity index (χ4n) is 2.09. The molecule has 1 atom stereocenters. The summed E-state index contributed by atoms with van der Waals surface area (Å²) in [6.45, 7) is 0. The topological polar surface area (TPSA) is 20.2 Å². The minimum atomic E-state index is -4.32. The molecular weight excluding hydrogens is 205 g/mol. The summed E-state index contributed by atoms with van der Waals surface area (Å²) < 4.78 is 37.9. The molecule has 0 fully saturated rings. The Balaban J connectivity index is 2.54. The van der Waals surface area contributed by atoms with Crippen LogP contribution in [0.5, 0.6) is 0 Å². The maximum absolute atomic E-state index is 12.6. The third-order valence-electron chi connectivity index (χ3n) is 2.78. The van der Waals surface area contributed by atoms with Crippen LogP contribution in [-0.4, -0.2) is 5.11 Å². The third-order valence-corrected chi connectivity index (χ3v) is 2.78. The summed E-state index contributed by atoms with van der Waals surface area (Å²) in [5, 5.41) is 9.58. The number of rotatable bonds is 0. The van der Waals surface area contributed by atoms with Crippen molar-refractivity contribution in [1.29, 1.82) is 0 Å². The average Bonchev–Trinajstić information content (AvgIpc) is 2.16. The number of hydrogen-bond acceptors (Lipinski definition) is 1. The van der Waals surface area contributed by atoms with Crippen molar-refractivity contribution in [1.82, 2.24) is 0 Å². The third kappa shape index (κ3) is 1.86. The number of fused-ring (bicyclic) bond motifs is 1. The van der Waals surface area contributed by atoms with Crippen molar-refractivity contribution in [2.45, 2.75) is 31.5 Å². The highest BCUT2D eigenvalue weighted by molar-refractivity contribution is 5.39. The van der Waals surface area contributed by atoms with Gasteiger partial charge in [0.1, 0.15) is 0 Å². The molecule has 0 saturated heterocycles. The molecule has 1 unspecified atom stereocenters. The van der Waals surface area contributed by atoms with Gasteiger partial charge in [-0.2, -0.15) is 13.2 Å². The summed E-state index contributed by atoms with van der Waals surface area (Å²) in [6, 6.07) is 4.02. The van der Waals surface area contributed by atoms with Gasteiger partial charge in [-0.25, -0.2) is 0 Å². The Hall–Kier alpha value is -1.03. The number of aliphatic hydroxyl groups is 1. The van der Waals surface area contributed by atoms with Crippen LogP contribution in [0.4, 0.5) is 13.2 Å². The molecule has 2 rings (SSSR count). The van der Waals surface area contributed by atoms with E-state index in [0.29, 0.717) is 24.8 Å². The molecule has 15 heavy (non-hydrogen) atoms. The smallest absolute Gasteiger partial charge is 0.388 e. The highest BCUT2D eigenvalue weighted by atomic mass is 19.4. The normalized spacial score (nSPS) is 21.2. The Morgan fingerprint density at radius 1 is 1.27 bits per heavy atom. The summed E-state index contributed by atoms with van der Waals surface area (Å²) in [5.74, 6) is 0. The van der Waals surface area contributed by atoms with Crippen LogP contribution in [0.25, 0.3) is 0 Å². The minimum Gasteiger partial charge on any atom is -0.388 e. The zero-order valence-corrected chi connectivity index (χ0v) is 8.01. The van der Waals surface area contributed by atoms with Crippen molar-refractivity contribution in [3.63, 3.8) is 0 Å². The van der Waals surface area contributed by atoms with Crippen LogP contribution in [0.3, 0.4) is 0 Å². The van der Waals surface area contributed by atoms with Crippen molar-refractivity contribution >= 4 is 0 Å². The predicted molar refractivity (Wildman–Crippen MR) is 49.3 cm³/mol. The lowest BCUT2D eigenvalue weighted by atomic mass is 9.86. The molecule has 1 aliphatic carbocycles. The Labute approximate surface area is 85.5 Å². The molecule has 0 heterocycles. The van der Waals surface area contributed by atoms with Gasteiger partial charge >= 0.3 is 6.18 Å². The summed E-state index contributed by atoms with van der Waals surface area (Å²) in [4.78, 5) is 0. The van der Waals surface area contributed by atoms with Crippen molar-refractivity contribution in [2.75, 3.05) is 0 Å². The molecule has 0 aliphatic heterocycles. The van der Waals surface area contributed by atoms with E-state index in [0.717, 1.165) is 6.07 Å². The maximum Gasteiger partial charge on any atom is 0.416 e. The molecule has 1 nitrogen and oxygen atoms in total. The molecule has 1 aromatic carbocycles. The predicted octanol–water partition coefficient (Wildman–Crippen LogP) is 3.08. The summed E-state index contributed by atoms with van der Waals surface area (Å²) >= 11 is 0. The first-order valence-corrected chi connectivity index (χ1v) is 4.87. The zero-order chi connectivity index (χ0) is 11.1. The second-order valence-corrected chi connectivity index (χ2v) is 3.78. The fourth-order valence-corrected chi connectivity index (χ4v) is 2.09. The van der Waals surface area contributed by atoms with Gasteiger partial charge in [0.15, 0.2) is 0 Å². The molecule has 0 saturated carbocycles. The first-order valence-electron chi connectivity index (χ1n) is 4.87. The van der Waals surface area contributed by atoms with Gasteiger partial charge in [-0.3, -0.25) is 0 Å². The van der Waals surface area contributed by atoms with E-state index in [9.17, 15) is 18.3 Å². The van der Waals surface area contributed by atoms with Gasteiger partial charge in [0.05, 0.1) is 11.7 Å². The Morgan fingerprint density at radius 2 is 2.00 bits per heavy atom. The van der Waals surface area contributed by atoms with Crippen LogP contribution in [-0.2, 0) is 12.6 Å². The van der Waals surface area contributed by atoms with E-state index >= 15 is 0 Å². The van der Waals surface area contributed by atoms with Crippen LogP contribution >= 0.6 is 0 Å². The van der Waals surface area contributed by atoms with Crippen LogP contribution in [0.1, 0.15) is 35.6 Å². The lowest BCUT2D eigenvalue weighted by Gasteiger charge is -2.24. The van der Waals surface area contributed by atoms with Crippen molar-refractivity contribution < 1.29 is 18.3 Å². The molecule has 82 valence electrons. The number of halogens is 3. The number of alkyl halides is 3. The molecule has 0 radical (unpaired) electrons. The van der Waals surface area contributed by atoms with Crippen LogP contribution < -0.4 is 0 Å². The standard InChI is InChI=1S/C11H11F3O/c12-11(13,14)9-5-1-4-8-7(9)3-2-6-10(8)15/h1,4-5,10,15H,2-3,6H2. The summed E-state index contributed by atoms with van der Waals surface area (Å²) in [6.07, 6.45) is -3.49. The van der Waals surface area contributed by atoms with Gasteiger partial charge in [-0.15, -0.1) is 0 Å². The van der Waals surface area contributed by atoms with Gasteiger partial charge in [0.25, 0.3) is 0 Å². The van der Waals surface area contributed by atoms with Crippen LogP contribution in [0.2, 0.25) is 0 Å². The van der Waals surface area contributed by atoms with Crippen molar-refractivity contribution in [3.8, 4) is 0 Å². The monoisotopic (exact) mass is 216 g/mol. The molecular formula is C11H11F3O. The Bertz CT molecular complexity index is 371. The van der Waals surface area contributed by atoms with Crippen molar-refractivity contribution in [3.05, 3.63) is 34.9 Å². The lowest BCUT2D eigenvalue weighted by Crippen LogP contribution is -2.16. The number of aliphatic hydroxyl groups excluding tert-OH is 1. The molecule has 4 heteroatoms. The van der Waals surface area contributed by atoms with E-state index in [4.69, 9.17) is 0 Å². The second-order valence-electron chi connectivity index (χ2n) is 3.78. The van der Waals surface area contributed by atoms with Crippen molar-refractivity contribution in [2.24, 2.45) is 0 Å². The minimum absolute atomic E-state index is 0.267. The highest BCUT2D eigenvalue weighted by Gasteiger charge is 2.35. The summed E-state index contributed by atoms with van der Waals surface area (Å²) in [7, 11) is 0. The molecule has 1 N–H and O–H groups in total. The number of hydrogen-bond donors (Lipinski definition) is 1. The van der Waals surface area contributed by atoms with Gasteiger partial charge in [0, 0.05) is 0 Å². The average molecular weight is 216 g/mol. The van der Waals surface area contributed by atoms with Gasteiger partial charge in [-0.1, -0.05) is 12.1 Å². The second kappa shape index (κ2) is 3.52. The molecule has 0 aromatic heterocycles. The first kappa shape index (κ1) is 10.5. The molecule has 0 spiro atoms. The first-order chi connectivity index (χ1) is 7.00. The highest BCUT2D eigenvalue weighted by Crippen LogP contribution is 2.38. The zero-order valence-electron chi connectivity index (χ0n) is 8.01. The summed E-state index contributed by atoms with van der Waals surface area (Å²) in [5.41, 5.74) is 0.110. The van der Waals surface area contributed by atoms with Gasteiger partial charge in [-0.05, 0) is 36.5 Å². The SMILES string of the molecule is OC1CCCc2c1cccc2C(F)(F)F. The molecule has 0 bridgehead atoms. The van der Waals surface area contributed by atoms with Crippen LogP contribution in [0, 0.1) is 0 Å². The largest absolute Gasteiger partial charge is 0.416 e.